The van der Waals surface area contributed by atoms with E-state index in [2.05, 4.69) is 175 Å². The van der Waals surface area contributed by atoms with Gasteiger partial charge in [0.15, 0.2) is 0 Å². The zero-order valence-electron chi connectivity index (χ0n) is 32.2. The van der Waals surface area contributed by atoms with E-state index in [1.807, 2.05) is 12.2 Å². The summed E-state index contributed by atoms with van der Waals surface area (Å²) in [6.45, 7) is 4.62. The Morgan fingerprint density at radius 1 is 0.732 bits per heavy atom. The number of hydrogen-bond acceptors (Lipinski definition) is 4. The van der Waals surface area contributed by atoms with Gasteiger partial charge in [0.1, 0.15) is 0 Å². The SMILES string of the molecule is CC1C=C(c2ccccc2C2C=CCC3C4C=C(C#N)C=CC4N(c4ccccc4)C23)C(C2C=CC3c4ccccc4N(C4C(C#N)=CC=C[C@H]4C)C3C2)=CC1. The second-order valence-electron chi connectivity index (χ2n) is 17.0. The Labute approximate surface area is 332 Å². The van der Waals surface area contributed by atoms with Gasteiger partial charge in [0, 0.05) is 52.7 Å². The van der Waals surface area contributed by atoms with Crippen LogP contribution in [0.1, 0.15) is 61.6 Å². The van der Waals surface area contributed by atoms with E-state index < -0.39 is 0 Å². The topological polar surface area (TPSA) is 54.1 Å². The predicted molar refractivity (Wildman–Crippen MR) is 228 cm³/mol. The molecule has 0 saturated carbocycles. The van der Waals surface area contributed by atoms with Gasteiger partial charge in [-0.05, 0) is 95.2 Å². The van der Waals surface area contributed by atoms with Gasteiger partial charge in [-0.2, -0.15) is 10.5 Å². The first-order valence-electron chi connectivity index (χ1n) is 20.7. The second kappa shape index (κ2) is 14.0. The molecule has 0 N–H and O–H groups in total. The minimum absolute atomic E-state index is 0.0204. The summed E-state index contributed by atoms with van der Waals surface area (Å²) in [6.07, 6.45) is 31.0. The molecule has 1 saturated heterocycles. The summed E-state index contributed by atoms with van der Waals surface area (Å²) in [5, 5.41) is 20.3. The molecule has 4 heteroatoms. The third kappa shape index (κ3) is 5.53. The molecule has 4 nitrogen and oxygen atoms in total. The maximum atomic E-state index is 10.3. The highest BCUT2D eigenvalue weighted by atomic mass is 15.2. The van der Waals surface area contributed by atoms with Gasteiger partial charge in [0.25, 0.3) is 0 Å². The lowest BCUT2D eigenvalue weighted by Crippen LogP contribution is -2.48. The van der Waals surface area contributed by atoms with Crippen molar-refractivity contribution in [2.45, 2.75) is 69.1 Å². The fraction of sp³-hybridized carbons (Fsp3) is 0.308. The number of allylic oxidation sites excluding steroid dienone is 10. The van der Waals surface area contributed by atoms with E-state index in [0.717, 1.165) is 30.4 Å². The number of nitrogens with zero attached hydrogens (tertiary/aromatic N) is 4. The van der Waals surface area contributed by atoms with E-state index in [-0.39, 0.29) is 47.8 Å². The number of anilines is 2. The molecule has 56 heavy (non-hydrogen) atoms. The van der Waals surface area contributed by atoms with Crippen LogP contribution in [0, 0.1) is 52.3 Å². The van der Waals surface area contributed by atoms with Crippen molar-refractivity contribution in [3.05, 3.63) is 185 Å². The van der Waals surface area contributed by atoms with E-state index in [4.69, 9.17) is 0 Å². The van der Waals surface area contributed by atoms with Crippen LogP contribution >= 0.6 is 0 Å². The molecule has 11 atom stereocenters. The van der Waals surface area contributed by atoms with E-state index >= 15 is 0 Å². The maximum Gasteiger partial charge on any atom is 0.0988 e. The maximum absolute atomic E-state index is 10.3. The Bertz CT molecular complexity index is 2390. The zero-order chi connectivity index (χ0) is 37.9. The van der Waals surface area contributed by atoms with Crippen molar-refractivity contribution < 1.29 is 0 Å². The van der Waals surface area contributed by atoms with Gasteiger partial charge in [-0.25, -0.2) is 0 Å². The number of benzene rings is 3. The molecule has 1 fully saturated rings. The first-order valence-corrected chi connectivity index (χ1v) is 20.7. The Hall–Kier alpha value is -5.84. The van der Waals surface area contributed by atoms with E-state index in [1.165, 1.54) is 39.2 Å². The van der Waals surface area contributed by atoms with Crippen LogP contribution in [0.5, 0.6) is 0 Å². The molecule has 0 aromatic heterocycles. The van der Waals surface area contributed by atoms with Crippen LogP contribution < -0.4 is 9.80 Å². The highest BCUT2D eigenvalue weighted by Crippen LogP contribution is 2.54. The van der Waals surface area contributed by atoms with Crippen molar-refractivity contribution in [2.24, 2.45) is 29.6 Å². The summed E-state index contributed by atoms with van der Waals surface area (Å²) >= 11 is 0. The van der Waals surface area contributed by atoms with Crippen LogP contribution in [0.4, 0.5) is 11.4 Å². The van der Waals surface area contributed by atoms with E-state index in [9.17, 15) is 10.5 Å². The molecular weight excluding hydrogens is 681 g/mol. The van der Waals surface area contributed by atoms with Gasteiger partial charge >= 0.3 is 0 Å². The van der Waals surface area contributed by atoms with Crippen LogP contribution in [-0.4, -0.2) is 24.2 Å². The second-order valence-corrected chi connectivity index (χ2v) is 17.0. The average molecular weight is 729 g/mol. The number of nitriles is 2. The number of hydrogen-bond donors (Lipinski definition) is 0. The van der Waals surface area contributed by atoms with Crippen molar-refractivity contribution in [3.8, 4) is 12.1 Å². The molecule has 10 unspecified atom stereocenters. The van der Waals surface area contributed by atoms with Gasteiger partial charge in [0.05, 0.1) is 29.8 Å². The van der Waals surface area contributed by atoms with E-state index in [0.29, 0.717) is 17.8 Å². The highest BCUT2D eigenvalue weighted by Gasteiger charge is 2.52. The molecule has 3 aromatic rings. The monoisotopic (exact) mass is 728 g/mol. The number of fused-ring (bicyclic) bond motifs is 6. The van der Waals surface area contributed by atoms with Crippen molar-refractivity contribution in [3.63, 3.8) is 0 Å². The molecule has 276 valence electrons. The lowest BCUT2D eigenvalue weighted by atomic mass is 9.70. The molecule has 3 aromatic carbocycles. The molecule has 0 radical (unpaired) electrons. The summed E-state index contributed by atoms with van der Waals surface area (Å²) < 4.78 is 0. The zero-order valence-corrected chi connectivity index (χ0v) is 32.2. The largest absolute Gasteiger partial charge is 0.360 e. The molecule has 7 aliphatic rings. The first-order chi connectivity index (χ1) is 27.5. The quantitative estimate of drug-likeness (QED) is 0.246. The molecule has 10 rings (SSSR count). The third-order valence-electron chi connectivity index (χ3n) is 13.9. The minimum atomic E-state index is 0.0204. The van der Waals surface area contributed by atoms with Gasteiger partial charge < -0.3 is 9.80 Å². The smallest absolute Gasteiger partial charge is 0.0988 e. The number of rotatable bonds is 5. The Morgan fingerprint density at radius 3 is 2.38 bits per heavy atom. The first kappa shape index (κ1) is 34.6. The fourth-order valence-electron chi connectivity index (χ4n) is 11.6. The Balaban J connectivity index is 1.03. The Morgan fingerprint density at radius 2 is 1.54 bits per heavy atom. The Kier molecular flexibility index (Phi) is 8.68. The van der Waals surface area contributed by atoms with Crippen LogP contribution in [0.25, 0.3) is 5.57 Å². The van der Waals surface area contributed by atoms with Crippen molar-refractivity contribution in [1.82, 2.24) is 0 Å². The summed E-state index contributed by atoms with van der Waals surface area (Å²) in [4.78, 5) is 5.30. The van der Waals surface area contributed by atoms with Gasteiger partial charge in [-0.3, -0.25) is 0 Å². The molecule has 2 heterocycles. The third-order valence-corrected chi connectivity index (χ3v) is 13.9. The molecule has 2 aliphatic heterocycles. The molecule has 5 aliphatic carbocycles. The molecular formula is C52H48N4. The normalized spacial score (nSPS) is 33.5. The average Bonchev–Trinajstić information content (AvgIpc) is 3.76. The van der Waals surface area contributed by atoms with Crippen LogP contribution in [0.3, 0.4) is 0 Å². The van der Waals surface area contributed by atoms with Gasteiger partial charge in [-0.15, -0.1) is 0 Å². The highest BCUT2D eigenvalue weighted by molar-refractivity contribution is 5.84. The van der Waals surface area contributed by atoms with Crippen molar-refractivity contribution >= 4 is 16.9 Å². The van der Waals surface area contributed by atoms with Crippen molar-refractivity contribution in [1.29, 1.82) is 10.5 Å². The predicted octanol–water partition coefficient (Wildman–Crippen LogP) is 11.2. The van der Waals surface area contributed by atoms with Crippen molar-refractivity contribution in [2.75, 3.05) is 9.80 Å². The molecule has 0 amide bonds. The molecule has 0 bridgehead atoms. The number of para-hydroxylation sites is 2. The fourth-order valence-corrected chi connectivity index (χ4v) is 11.6. The summed E-state index contributed by atoms with van der Waals surface area (Å²) in [5.74, 6) is 2.09. The van der Waals surface area contributed by atoms with E-state index in [1.54, 1.807) is 0 Å². The van der Waals surface area contributed by atoms with Gasteiger partial charge in [-0.1, -0.05) is 135 Å². The van der Waals surface area contributed by atoms with Gasteiger partial charge in [0.2, 0.25) is 0 Å². The summed E-state index contributed by atoms with van der Waals surface area (Å²) in [6, 6.07) is 34.8. The summed E-state index contributed by atoms with van der Waals surface area (Å²) in [7, 11) is 0. The van der Waals surface area contributed by atoms with Crippen LogP contribution in [0.2, 0.25) is 0 Å². The lowest BCUT2D eigenvalue weighted by Gasteiger charge is -2.43. The molecule has 0 spiro atoms. The van der Waals surface area contributed by atoms with Crippen LogP contribution in [-0.2, 0) is 0 Å². The standard InChI is InChI=1S/C52H48N4/c1-33-22-25-39(36-24-26-43-42-18-8-9-21-48(42)56(50(43)30-36)51-34(2)12-10-13-37(51)32-54)46(28-33)41-17-7-6-16-40(41)44-19-11-20-45-47-29-35(31-53)23-27-49(47)55(52(44)45)38-14-4-3-5-15-38/h3-19,21,23-29,33-34,36,43-45,47,49-52H,20,22,30H2,1-2H3/t33?,34-,36?,43?,44?,45?,47?,49?,50?,51?,52?/m1/s1. The minimum Gasteiger partial charge on any atom is -0.360 e. The van der Waals surface area contributed by atoms with Crippen LogP contribution in [0.15, 0.2) is 168 Å². The lowest BCUT2D eigenvalue weighted by molar-refractivity contribution is 0.376. The summed E-state index contributed by atoms with van der Waals surface area (Å²) in [5.41, 5.74) is 11.1.